The van der Waals surface area contributed by atoms with Gasteiger partial charge in [-0.05, 0) is 52.9 Å². The SMILES string of the molecule is NNc1ccccc1C(=O)Nc1ccc(Cl)cc1I. The van der Waals surface area contributed by atoms with Crippen molar-refractivity contribution in [3.8, 4) is 0 Å². The van der Waals surface area contributed by atoms with Gasteiger partial charge in [0.15, 0.2) is 0 Å². The molecule has 2 rings (SSSR count). The number of rotatable bonds is 3. The van der Waals surface area contributed by atoms with Crippen LogP contribution >= 0.6 is 34.2 Å². The van der Waals surface area contributed by atoms with Crippen LogP contribution in [-0.4, -0.2) is 5.91 Å². The van der Waals surface area contributed by atoms with Gasteiger partial charge in [-0.3, -0.25) is 10.6 Å². The maximum atomic E-state index is 12.2. The Hall–Kier alpha value is -1.31. The van der Waals surface area contributed by atoms with E-state index in [9.17, 15) is 4.79 Å². The van der Waals surface area contributed by atoms with E-state index >= 15 is 0 Å². The molecule has 4 nitrogen and oxygen atoms in total. The lowest BCUT2D eigenvalue weighted by molar-refractivity contribution is 0.102. The molecule has 0 saturated heterocycles. The third-order valence-corrected chi connectivity index (χ3v) is 3.63. The molecule has 0 bridgehead atoms. The molecule has 2 aromatic rings. The van der Waals surface area contributed by atoms with Gasteiger partial charge >= 0.3 is 0 Å². The molecule has 0 heterocycles. The highest BCUT2D eigenvalue weighted by molar-refractivity contribution is 14.1. The summed E-state index contributed by atoms with van der Waals surface area (Å²) in [6.07, 6.45) is 0. The molecule has 0 aliphatic heterocycles. The minimum atomic E-state index is -0.228. The summed E-state index contributed by atoms with van der Waals surface area (Å²) < 4.78 is 0.872. The van der Waals surface area contributed by atoms with Gasteiger partial charge in [0.25, 0.3) is 5.91 Å². The summed E-state index contributed by atoms with van der Waals surface area (Å²) >= 11 is 7.99. The molecule has 2 aromatic carbocycles. The molecule has 4 N–H and O–H groups in total. The second kappa shape index (κ2) is 6.23. The third kappa shape index (κ3) is 3.37. The standard InChI is InChI=1S/C13H11ClIN3O/c14-8-5-6-12(10(15)7-8)17-13(19)9-3-1-2-4-11(9)18-16/h1-7,18H,16H2,(H,17,19). The summed E-state index contributed by atoms with van der Waals surface area (Å²) in [5, 5.41) is 3.46. The van der Waals surface area contributed by atoms with E-state index in [1.165, 1.54) is 0 Å². The number of para-hydroxylation sites is 1. The Bertz CT molecular complexity index is 619. The molecule has 0 aliphatic rings. The largest absolute Gasteiger partial charge is 0.323 e. The Morgan fingerprint density at radius 1 is 1.16 bits per heavy atom. The Morgan fingerprint density at radius 2 is 1.89 bits per heavy atom. The maximum absolute atomic E-state index is 12.2. The van der Waals surface area contributed by atoms with E-state index in [4.69, 9.17) is 17.4 Å². The van der Waals surface area contributed by atoms with Crippen LogP contribution in [0.15, 0.2) is 42.5 Å². The molecule has 98 valence electrons. The zero-order chi connectivity index (χ0) is 13.8. The Kier molecular flexibility index (Phi) is 4.62. The van der Waals surface area contributed by atoms with Gasteiger partial charge in [0, 0.05) is 8.59 Å². The van der Waals surface area contributed by atoms with Gasteiger partial charge in [0.2, 0.25) is 0 Å². The van der Waals surface area contributed by atoms with Gasteiger partial charge in [0.1, 0.15) is 0 Å². The van der Waals surface area contributed by atoms with Gasteiger partial charge < -0.3 is 10.7 Å². The lowest BCUT2D eigenvalue weighted by Crippen LogP contribution is -2.17. The van der Waals surface area contributed by atoms with Crippen molar-refractivity contribution in [1.82, 2.24) is 0 Å². The molecule has 0 aromatic heterocycles. The predicted octanol–water partition coefficient (Wildman–Crippen LogP) is 3.48. The molecule has 0 fully saturated rings. The van der Waals surface area contributed by atoms with E-state index < -0.39 is 0 Å². The highest BCUT2D eigenvalue weighted by Gasteiger charge is 2.11. The third-order valence-electron chi connectivity index (χ3n) is 2.51. The number of nitrogens with one attached hydrogen (secondary N) is 2. The molecule has 0 radical (unpaired) electrons. The molecule has 0 unspecified atom stereocenters. The number of halogens is 2. The maximum Gasteiger partial charge on any atom is 0.257 e. The average molecular weight is 388 g/mol. The van der Waals surface area contributed by atoms with E-state index in [1.54, 1.807) is 42.5 Å². The first-order valence-electron chi connectivity index (χ1n) is 5.44. The van der Waals surface area contributed by atoms with E-state index in [1.807, 2.05) is 0 Å². The fourth-order valence-electron chi connectivity index (χ4n) is 1.59. The van der Waals surface area contributed by atoms with Crippen molar-refractivity contribution in [2.24, 2.45) is 5.84 Å². The fraction of sp³-hybridized carbons (Fsp3) is 0. The number of anilines is 2. The van der Waals surface area contributed by atoms with Crippen LogP contribution in [0, 0.1) is 3.57 Å². The van der Waals surface area contributed by atoms with Crippen molar-refractivity contribution in [2.75, 3.05) is 10.7 Å². The number of nitrogen functional groups attached to an aromatic ring is 1. The van der Waals surface area contributed by atoms with Crippen molar-refractivity contribution < 1.29 is 4.79 Å². The van der Waals surface area contributed by atoms with Crippen molar-refractivity contribution in [1.29, 1.82) is 0 Å². The molecule has 0 saturated carbocycles. The van der Waals surface area contributed by atoms with Crippen LogP contribution in [0.25, 0.3) is 0 Å². The molecular weight excluding hydrogens is 377 g/mol. The molecule has 1 amide bonds. The number of hydrogen-bond donors (Lipinski definition) is 3. The summed E-state index contributed by atoms with van der Waals surface area (Å²) in [6, 6.07) is 12.3. The van der Waals surface area contributed by atoms with E-state index in [2.05, 4.69) is 33.3 Å². The van der Waals surface area contributed by atoms with E-state index in [-0.39, 0.29) is 5.91 Å². The molecule has 6 heteroatoms. The number of benzene rings is 2. The first kappa shape index (κ1) is 14.1. The molecule has 0 aliphatic carbocycles. The highest BCUT2D eigenvalue weighted by Crippen LogP contribution is 2.23. The first-order valence-corrected chi connectivity index (χ1v) is 6.89. The van der Waals surface area contributed by atoms with Gasteiger partial charge in [-0.15, -0.1) is 0 Å². The lowest BCUT2D eigenvalue weighted by atomic mass is 10.1. The van der Waals surface area contributed by atoms with E-state index in [0.29, 0.717) is 22.0 Å². The van der Waals surface area contributed by atoms with Crippen molar-refractivity contribution >= 4 is 51.5 Å². The smallest absolute Gasteiger partial charge is 0.257 e. The number of carbonyl (C=O) groups is 1. The Labute approximate surface area is 129 Å². The average Bonchev–Trinajstić information content (AvgIpc) is 2.41. The summed E-state index contributed by atoms with van der Waals surface area (Å²) in [5.41, 5.74) is 4.27. The normalized spacial score (nSPS) is 10.1. The van der Waals surface area contributed by atoms with Crippen LogP contribution in [-0.2, 0) is 0 Å². The van der Waals surface area contributed by atoms with Crippen LogP contribution in [0.2, 0.25) is 5.02 Å². The van der Waals surface area contributed by atoms with Crippen molar-refractivity contribution in [3.63, 3.8) is 0 Å². The number of nitrogens with two attached hydrogens (primary N) is 1. The number of hydrazine groups is 1. The summed E-state index contributed by atoms with van der Waals surface area (Å²) in [5.74, 6) is 5.15. The summed E-state index contributed by atoms with van der Waals surface area (Å²) in [6.45, 7) is 0. The van der Waals surface area contributed by atoms with Crippen LogP contribution in [0.4, 0.5) is 11.4 Å². The molecule has 19 heavy (non-hydrogen) atoms. The lowest BCUT2D eigenvalue weighted by Gasteiger charge is -2.10. The molecule has 0 spiro atoms. The number of amides is 1. The van der Waals surface area contributed by atoms with Crippen molar-refractivity contribution in [2.45, 2.75) is 0 Å². The Balaban J connectivity index is 2.26. The van der Waals surface area contributed by atoms with Crippen LogP contribution in [0.5, 0.6) is 0 Å². The second-order valence-electron chi connectivity index (χ2n) is 3.77. The van der Waals surface area contributed by atoms with Gasteiger partial charge in [-0.25, -0.2) is 0 Å². The monoisotopic (exact) mass is 387 g/mol. The predicted molar refractivity (Wildman–Crippen MR) is 86.4 cm³/mol. The minimum absolute atomic E-state index is 0.228. The molecular formula is C13H11ClIN3O. The zero-order valence-electron chi connectivity index (χ0n) is 9.78. The topological polar surface area (TPSA) is 67.1 Å². The number of hydrogen-bond acceptors (Lipinski definition) is 3. The van der Waals surface area contributed by atoms with Crippen LogP contribution in [0.1, 0.15) is 10.4 Å². The quantitative estimate of drug-likeness (QED) is 0.429. The zero-order valence-corrected chi connectivity index (χ0v) is 12.7. The van der Waals surface area contributed by atoms with Crippen molar-refractivity contribution in [3.05, 3.63) is 56.6 Å². The van der Waals surface area contributed by atoms with E-state index in [0.717, 1.165) is 3.57 Å². The molecule has 0 atom stereocenters. The number of carbonyl (C=O) groups excluding carboxylic acids is 1. The van der Waals surface area contributed by atoms with Crippen LogP contribution in [0.3, 0.4) is 0 Å². The van der Waals surface area contributed by atoms with Gasteiger partial charge in [0.05, 0.1) is 16.9 Å². The fourth-order valence-corrected chi connectivity index (χ4v) is 2.59. The Morgan fingerprint density at radius 3 is 2.58 bits per heavy atom. The first-order chi connectivity index (χ1) is 9.11. The summed E-state index contributed by atoms with van der Waals surface area (Å²) in [7, 11) is 0. The highest BCUT2D eigenvalue weighted by atomic mass is 127. The van der Waals surface area contributed by atoms with Crippen LogP contribution < -0.4 is 16.6 Å². The van der Waals surface area contributed by atoms with Gasteiger partial charge in [-0.2, -0.15) is 0 Å². The second-order valence-corrected chi connectivity index (χ2v) is 5.37. The van der Waals surface area contributed by atoms with Gasteiger partial charge in [-0.1, -0.05) is 23.7 Å². The minimum Gasteiger partial charge on any atom is -0.323 e. The summed E-state index contributed by atoms with van der Waals surface area (Å²) in [4.78, 5) is 12.2.